The van der Waals surface area contributed by atoms with Crippen molar-refractivity contribution in [3.05, 3.63) is 35.9 Å². The molecule has 5 nitrogen and oxygen atoms in total. The molecule has 122 valence electrons. The summed E-state index contributed by atoms with van der Waals surface area (Å²) in [6, 6.07) is 10.0. The normalized spacial score (nSPS) is 28.3. The quantitative estimate of drug-likeness (QED) is 0.756. The van der Waals surface area contributed by atoms with Gasteiger partial charge in [0.25, 0.3) is 0 Å². The molecule has 0 amide bonds. The molecule has 0 bridgehead atoms. The Hall–Kier alpha value is -1.43. The number of hydrogen-bond acceptors (Lipinski definition) is 5. The molecule has 1 heterocycles. The summed E-state index contributed by atoms with van der Waals surface area (Å²) in [5.74, 6) is -0.190. The highest BCUT2D eigenvalue weighted by Gasteiger charge is 2.38. The summed E-state index contributed by atoms with van der Waals surface area (Å²) in [7, 11) is 2.98. The Morgan fingerprint density at radius 3 is 2.64 bits per heavy atom. The highest BCUT2D eigenvalue weighted by Crippen LogP contribution is 2.30. The number of hydrogen-bond donors (Lipinski definition) is 0. The van der Waals surface area contributed by atoms with Gasteiger partial charge in [-0.05, 0) is 5.56 Å². The standard InChI is InChI=1S/C17H24O5/c1-12-14(21-11-13-7-5-4-6-8-13)10-17(20-3)22-15(12)9-16(18)19-2/h4-8,12,14-15,17H,9-11H2,1-3H3/t12-,14+,15-,17-/m1/s1. The van der Waals surface area contributed by atoms with E-state index in [4.69, 9.17) is 18.9 Å². The number of ether oxygens (including phenoxy) is 4. The molecule has 22 heavy (non-hydrogen) atoms. The predicted octanol–water partition coefficient (Wildman–Crippen LogP) is 2.53. The van der Waals surface area contributed by atoms with Crippen LogP contribution in [0.5, 0.6) is 0 Å². The summed E-state index contributed by atoms with van der Waals surface area (Å²) < 4.78 is 21.9. The molecule has 0 aliphatic carbocycles. The fourth-order valence-corrected chi connectivity index (χ4v) is 2.65. The molecule has 5 heteroatoms. The second-order valence-electron chi connectivity index (χ2n) is 5.55. The first kappa shape index (κ1) is 16.9. The molecule has 1 aliphatic rings. The zero-order valence-electron chi connectivity index (χ0n) is 13.4. The molecule has 4 atom stereocenters. The molecule has 0 N–H and O–H groups in total. The number of esters is 1. The fourth-order valence-electron chi connectivity index (χ4n) is 2.65. The third-order valence-corrected chi connectivity index (χ3v) is 4.09. The highest BCUT2D eigenvalue weighted by atomic mass is 16.7. The van der Waals surface area contributed by atoms with E-state index in [9.17, 15) is 4.79 Å². The average Bonchev–Trinajstić information content (AvgIpc) is 2.56. The Balaban J connectivity index is 1.97. The van der Waals surface area contributed by atoms with E-state index in [0.717, 1.165) is 5.56 Å². The second-order valence-corrected chi connectivity index (χ2v) is 5.55. The van der Waals surface area contributed by atoms with E-state index < -0.39 is 0 Å². The Morgan fingerprint density at radius 2 is 2.00 bits per heavy atom. The second kappa shape index (κ2) is 8.27. The van der Waals surface area contributed by atoms with Gasteiger partial charge in [-0.2, -0.15) is 0 Å². The zero-order chi connectivity index (χ0) is 15.9. The van der Waals surface area contributed by atoms with Crippen LogP contribution in [-0.4, -0.2) is 38.7 Å². The Labute approximate surface area is 131 Å². The summed E-state index contributed by atoms with van der Waals surface area (Å²) in [4.78, 5) is 11.5. The molecule has 0 saturated carbocycles. The van der Waals surface area contributed by atoms with Crippen LogP contribution in [0.4, 0.5) is 0 Å². The van der Waals surface area contributed by atoms with Crippen molar-refractivity contribution in [1.82, 2.24) is 0 Å². The smallest absolute Gasteiger partial charge is 0.308 e. The van der Waals surface area contributed by atoms with Crippen molar-refractivity contribution in [2.75, 3.05) is 14.2 Å². The minimum atomic E-state index is -0.355. The van der Waals surface area contributed by atoms with E-state index in [1.54, 1.807) is 7.11 Å². The fraction of sp³-hybridized carbons (Fsp3) is 0.588. The monoisotopic (exact) mass is 308 g/mol. The van der Waals surface area contributed by atoms with Crippen LogP contribution in [-0.2, 0) is 30.3 Å². The summed E-state index contributed by atoms with van der Waals surface area (Å²) in [6.45, 7) is 2.58. The molecule has 1 saturated heterocycles. The molecule has 0 spiro atoms. The van der Waals surface area contributed by atoms with E-state index in [1.807, 2.05) is 37.3 Å². The largest absolute Gasteiger partial charge is 0.469 e. The minimum Gasteiger partial charge on any atom is -0.469 e. The van der Waals surface area contributed by atoms with Gasteiger partial charge >= 0.3 is 5.97 Å². The van der Waals surface area contributed by atoms with Gasteiger partial charge in [0, 0.05) is 19.4 Å². The molecule has 1 aliphatic heterocycles. The SMILES string of the molecule is COC(=O)C[C@H]1O[C@@H](OC)C[C@H](OCc2ccccc2)[C@H]1C. The van der Waals surface area contributed by atoms with Crippen molar-refractivity contribution in [3.63, 3.8) is 0 Å². The Morgan fingerprint density at radius 1 is 1.27 bits per heavy atom. The molecule has 2 rings (SSSR count). The van der Waals surface area contributed by atoms with Crippen molar-refractivity contribution in [1.29, 1.82) is 0 Å². The van der Waals surface area contributed by atoms with Crippen molar-refractivity contribution in [2.24, 2.45) is 5.92 Å². The van der Waals surface area contributed by atoms with E-state index in [-0.39, 0.29) is 36.8 Å². The van der Waals surface area contributed by atoms with Crippen LogP contribution in [0.25, 0.3) is 0 Å². The topological polar surface area (TPSA) is 54.0 Å². The lowest BCUT2D eigenvalue weighted by Crippen LogP contribution is -2.45. The third kappa shape index (κ3) is 4.53. The molecule has 0 unspecified atom stereocenters. The van der Waals surface area contributed by atoms with Gasteiger partial charge in [0.2, 0.25) is 0 Å². The lowest BCUT2D eigenvalue weighted by atomic mass is 9.90. The van der Waals surface area contributed by atoms with Crippen LogP contribution in [0.15, 0.2) is 30.3 Å². The average molecular weight is 308 g/mol. The van der Waals surface area contributed by atoms with Crippen LogP contribution in [0.2, 0.25) is 0 Å². The highest BCUT2D eigenvalue weighted by molar-refractivity contribution is 5.69. The summed E-state index contributed by atoms with van der Waals surface area (Å²) in [5.41, 5.74) is 1.12. The van der Waals surface area contributed by atoms with Crippen molar-refractivity contribution in [2.45, 2.75) is 44.9 Å². The number of benzene rings is 1. The first-order valence-corrected chi connectivity index (χ1v) is 7.54. The summed E-state index contributed by atoms with van der Waals surface area (Å²) >= 11 is 0. The van der Waals surface area contributed by atoms with Gasteiger partial charge < -0.3 is 18.9 Å². The first-order chi connectivity index (χ1) is 10.6. The molecular weight excluding hydrogens is 284 g/mol. The van der Waals surface area contributed by atoms with Gasteiger partial charge in [-0.3, -0.25) is 4.79 Å². The molecule has 0 aromatic heterocycles. The molecule has 1 aromatic rings. The van der Waals surface area contributed by atoms with Crippen LogP contribution >= 0.6 is 0 Å². The maximum Gasteiger partial charge on any atom is 0.308 e. The lowest BCUT2D eigenvalue weighted by Gasteiger charge is -2.39. The minimum absolute atomic E-state index is 0.0198. The zero-order valence-corrected chi connectivity index (χ0v) is 13.4. The van der Waals surface area contributed by atoms with Gasteiger partial charge in [-0.1, -0.05) is 37.3 Å². The lowest BCUT2D eigenvalue weighted by molar-refractivity contribution is -0.235. The van der Waals surface area contributed by atoms with E-state index in [2.05, 4.69) is 0 Å². The van der Waals surface area contributed by atoms with E-state index in [1.165, 1.54) is 7.11 Å². The molecule has 1 aromatic carbocycles. The van der Waals surface area contributed by atoms with Crippen molar-refractivity contribution >= 4 is 5.97 Å². The van der Waals surface area contributed by atoms with Crippen LogP contribution < -0.4 is 0 Å². The van der Waals surface area contributed by atoms with Crippen molar-refractivity contribution < 1.29 is 23.7 Å². The number of rotatable bonds is 6. The Bertz CT molecular complexity index is 461. The maximum absolute atomic E-state index is 11.5. The summed E-state index contributed by atoms with van der Waals surface area (Å²) in [6.07, 6.45) is 0.234. The van der Waals surface area contributed by atoms with Crippen LogP contribution in [0.3, 0.4) is 0 Å². The van der Waals surface area contributed by atoms with E-state index >= 15 is 0 Å². The van der Waals surface area contributed by atoms with Gasteiger partial charge in [0.1, 0.15) is 0 Å². The maximum atomic E-state index is 11.5. The van der Waals surface area contributed by atoms with Crippen LogP contribution in [0, 0.1) is 5.92 Å². The van der Waals surface area contributed by atoms with E-state index in [0.29, 0.717) is 13.0 Å². The number of methoxy groups -OCH3 is 2. The molecule has 0 radical (unpaired) electrons. The van der Waals surface area contributed by atoms with Gasteiger partial charge in [-0.15, -0.1) is 0 Å². The third-order valence-electron chi connectivity index (χ3n) is 4.09. The van der Waals surface area contributed by atoms with Gasteiger partial charge in [0.05, 0.1) is 32.3 Å². The number of carbonyl (C=O) groups is 1. The molecule has 1 fully saturated rings. The Kier molecular flexibility index (Phi) is 6.36. The summed E-state index contributed by atoms with van der Waals surface area (Å²) in [5, 5.41) is 0. The van der Waals surface area contributed by atoms with Gasteiger partial charge in [-0.25, -0.2) is 0 Å². The molecular formula is C17H24O5. The first-order valence-electron chi connectivity index (χ1n) is 7.54. The van der Waals surface area contributed by atoms with Crippen molar-refractivity contribution in [3.8, 4) is 0 Å². The number of carbonyl (C=O) groups excluding carboxylic acids is 1. The van der Waals surface area contributed by atoms with Gasteiger partial charge in [0.15, 0.2) is 6.29 Å². The van der Waals surface area contributed by atoms with Crippen LogP contribution in [0.1, 0.15) is 25.3 Å². The predicted molar refractivity (Wildman–Crippen MR) is 81.1 cm³/mol.